The van der Waals surface area contributed by atoms with Gasteiger partial charge in [0, 0.05) is 18.0 Å². The number of nitrogens with zero attached hydrogens (tertiary/aromatic N) is 2. The van der Waals surface area contributed by atoms with Crippen molar-refractivity contribution in [3.05, 3.63) is 35.5 Å². The highest BCUT2D eigenvalue weighted by molar-refractivity contribution is 5.75. The molecule has 0 saturated carbocycles. The molecule has 0 spiro atoms. The van der Waals surface area contributed by atoms with Gasteiger partial charge in [-0.1, -0.05) is 0 Å². The van der Waals surface area contributed by atoms with E-state index >= 15 is 0 Å². The van der Waals surface area contributed by atoms with Crippen LogP contribution in [0.5, 0.6) is 0 Å². The lowest BCUT2D eigenvalue weighted by Gasteiger charge is -1.95. The van der Waals surface area contributed by atoms with Gasteiger partial charge in [-0.25, -0.2) is 9.37 Å². The van der Waals surface area contributed by atoms with Crippen molar-refractivity contribution in [2.24, 2.45) is 0 Å². The zero-order chi connectivity index (χ0) is 9.42. The van der Waals surface area contributed by atoms with E-state index in [1.165, 1.54) is 10.5 Å². The van der Waals surface area contributed by atoms with E-state index in [1.807, 2.05) is 0 Å². The van der Waals surface area contributed by atoms with Gasteiger partial charge in [-0.3, -0.25) is 4.79 Å². The van der Waals surface area contributed by atoms with Crippen LogP contribution in [0.4, 0.5) is 4.39 Å². The number of aromatic nitrogens is 2. The van der Waals surface area contributed by atoms with Gasteiger partial charge in [0.05, 0.1) is 5.69 Å². The second-order valence-corrected chi connectivity index (χ2v) is 2.85. The van der Waals surface area contributed by atoms with Crippen LogP contribution in [0.2, 0.25) is 0 Å². The maximum atomic E-state index is 13.2. The van der Waals surface area contributed by atoms with Gasteiger partial charge in [-0.2, -0.15) is 0 Å². The van der Waals surface area contributed by atoms with Crippen LogP contribution in [0.3, 0.4) is 0 Å². The minimum absolute atomic E-state index is 0.253. The van der Waals surface area contributed by atoms with Crippen molar-refractivity contribution >= 4 is 11.9 Å². The lowest BCUT2D eigenvalue weighted by Crippen LogP contribution is -1.91. The summed E-state index contributed by atoms with van der Waals surface area (Å²) in [6.45, 7) is 1.77. The minimum atomic E-state index is -0.474. The van der Waals surface area contributed by atoms with Crippen LogP contribution in [0.25, 0.3) is 5.65 Å². The number of pyridine rings is 1. The molecule has 2 heterocycles. The maximum absolute atomic E-state index is 13.2. The largest absolute Gasteiger partial charge is 0.304 e. The minimum Gasteiger partial charge on any atom is -0.304 e. The van der Waals surface area contributed by atoms with E-state index in [0.29, 0.717) is 11.8 Å². The summed E-state index contributed by atoms with van der Waals surface area (Å²) in [5.41, 5.74) is 1.28. The number of hydrogen-bond acceptors (Lipinski definition) is 2. The Labute approximate surface area is 73.8 Å². The average molecular weight is 178 g/mol. The first-order valence-electron chi connectivity index (χ1n) is 3.81. The van der Waals surface area contributed by atoms with Crippen LogP contribution in [0.1, 0.15) is 16.1 Å². The number of carbonyl (C=O) groups excluding carboxylic acids is 1. The van der Waals surface area contributed by atoms with Crippen molar-refractivity contribution in [2.45, 2.75) is 6.92 Å². The van der Waals surface area contributed by atoms with Crippen LogP contribution in [0.15, 0.2) is 18.5 Å². The van der Waals surface area contributed by atoms with Crippen molar-refractivity contribution in [2.75, 3.05) is 0 Å². The summed E-state index contributed by atoms with van der Waals surface area (Å²) in [4.78, 5) is 14.4. The van der Waals surface area contributed by atoms with Crippen molar-refractivity contribution in [1.82, 2.24) is 9.38 Å². The molecule has 66 valence electrons. The first kappa shape index (κ1) is 7.91. The third-order valence-corrected chi connectivity index (χ3v) is 1.78. The molecule has 2 rings (SSSR count). The Balaban J connectivity index is 2.82. The molecule has 0 radical (unpaired) electrons. The molecule has 0 saturated heterocycles. The summed E-state index contributed by atoms with van der Waals surface area (Å²) in [5, 5.41) is 0. The zero-order valence-electron chi connectivity index (χ0n) is 6.99. The molecule has 0 fully saturated rings. The van der Waals surface area contributed by atoms with Crippen molar-refractivity contribution in [3.63, 3.8) is 0 Å². The van der Waals surface area contributed by atoms with Crippen LogP contribution in [-0.2, 0) is 0 Å². The first-order valence-corrected chi connectivity index (χ1v) is 3.81. The Morgan fingerprint density at radius 1 is 1.54 bits per heavy atom. The number of carbonyl (C=O) groups is 1. The normalized spacial score (nSPS) is 10.6. The van der Waals surface area contributed by atoms with Crippen LogP contribution in [-0.4, -0.2) is 15.7 Å². The number of aldehydes is 1. The Morgan fingerprint density at radius 2 is 2.31 bits per heavy atom. The number of rotatable bonds is 1. The lowest BCUT2D eigenvalue weighted by molar-refractivity contribution is 0.112. The topological polar surface area (TPSA) is 34.4 Å². The second kappa shape index (κ2) is 2.65. The average Bonchev–Trinajstić information content (AvgIpc) is 2.46. The quantitative estimate of drug-likeness (QED) is 0.621. The van der Waals surface area contributed by atoms with Crippen LogP contribution < -0.4 is 0 Å². The highest BCUT2D eigenvalue weighted by Crippen LogP contribution is 2.10. The van der Waals surface area contributed by atoms with Gasteiger partial charge in [0.1, 0.15) is 0 Å². The predicted octanol–water partition coefficient (Wildman–Crippen LogP) is 1.59. The first-order chi connectivity index (χ1) is 6.20. The van der Waals surface area contributed by atoms with Gasteiger partial charge < -0.3 is 4.40 Å². The third-order valence-electron chi connectivity index (χ3n) is 1.78. The van der Waals surface area contributed by atoms with Gasteiger partial charge in [0.15, 0.2) is 17.8 Å². The van der Waals surface area contributed by atoms with Crippen molar-refractivity contribution < 1.29 is 9.18 Å². The lowest BCUT2D eigenvalue weighted by atomic mass is 10.3. The van der Waals surface area contributed by atoms with E-state index < -0.39 is 5.82 Å². The van der Waals surface area contributed by atoms with E-state index in [4.69, 9.17) is 0 Å². The standard InChI is InChI=1S/C9H7FN2O/c1-6-3-12-4-7(5-13)2-8(10)9(12)11-6/h2-5H,1H3. The van der Waals surface area contributed by atoms with Crippen molar-refractivity contribution in [1.29, 1.82) is 0 Å². The Hall–Kier alpha value is -1.71. The molecule has 0 aliphatic heterocycles. The van der Waals surface area contributed by atoms with Crippen LogP contribution in [0, 0.1) is 12.7 Å². The SMILES string of the molecule is Cc1cn2cc(C=O)cc(F)c2n1. The summed E-state index contributed by atoms with van der Waals surface area (Å²) in [6.07, 6.45) is 3.83. The third kappa shape index (κ3) is 1.20. The molecule has 0 bridgehead atoms. The molecule has 0 unspecified atom stereocenters. The van der Waals surface area contributed by atoms with E-state index in [0.717, 1.165) is 5.69 Å². The molecule has 0 N–H and O–H groups in total. The number of aryl methyl sites for hydroxylation is 1. The predicted molar refractivity (Wildman–Crippen MR) is 45.3 cm³/mol. The fourth-order valence-electron chi connectivity index (χ4n) is 1.26. The fourth-order valence-corrected chi connectivity index (χ4v) is 1.26. The maximum Gasteiger partial charge on any atom is 0.173 e. The molecule has 0 aromatic carbocycles. The monoisotopic (exact) mass is 178 g/mol. The highest BCUT2D eigenvalue weighted by Gasteiger charge is 2.05. The molecule has 0 aliphatic carbocycles. The van der Waals surface area contributed by atoms with E-state index in [2.05, 4.69) is 4.98 Å². The van der Waals surface area contributed by atoms with Gasteiger partial charge in [-0.15, -0.1) is 0 Å². The molecule has 4 heteroatoms. The fraction of sp³-hybridized carbons (Fsp3) is 0.111. The number of halogens is 1. The van der Waals surface area contributed by atoms with E-state index in [-0.39, 0.29) is 5.65 Å². The summed E-state index contributed by atoms with van der Waals surface area (Å²) in [5.74, 6) is -0.474. The van der Waals surface area contributed by atoms with Gasteiger partial charge in [-0.05, 0) is 13.0 Å². The summed E-state index contributed by atoms with van der Waals surface area (Å²) >= 11 is 0. The zero-order valence-corrected chi connectivity index (χ0v) is 6.99. The molecule has 13 heavy (non-hydrogen) atoms. The molecular formula is C9H7FN2O. The number of fused-ring (bicyclic) bond motifs is 1. The smallest absolute Gasteiger partial charge is 0.173 e. The Bertz CT molecular complexity index is 476. The number of hydrogen-bond donors (Lipinski definition) is 0. The molecule has 2 aromatic heterocycles. The molecule has 0 amide bonds. The van der Waals surface area contributed by atoms with Gasteiger partial charge in [0.2, 0.25) is 0 Å². The second-order valence-electron chi connectivity index (χ2n) is 2.85. The Morgan fingerprint density at radius 3 is 3.00 bits per heavy atom. The van der Waals surface area contributed by atoms with Crippen LogP contribution >= 0.6 is 0 Å². The molecule has 0 aliphatic rings. The van der Waals surface area contributed by atoms with Gasteiger partial charge in [0.25, 0.3) is 0 Å². The Kier molecular flexibility index (Phi) is 1.62. The molecule has 2 aromatic rings. The molecule has 0 atom stereocenters. The number of imidazole rings is 1. The summed E-state index contributed by atoms with van der Waals surface area (Å²) in [7, 11) is 0. The van der Waals surface area contributed by atoms with Crippen molar-refractivity contribution in [3.8, 4) is 0 Å². The summed E-state index contributed by atoms with van der Waals surface area (Å²) in [6, 6.07) is 1.18. The van der Waals surface area contributed by atoms with Gasteiger partial charge >= 0.3 is 0 Å². The summed E-state index contributed by atoms with van der Waals surface area (Å²) < 4.78 is 14.7. The highest BCUT2D eigenvalue weighted by atomic mass is 19.1. The molecular weight excluding hydrogens is 171 g/mol. The van der Waals surface area contributed by atoms with E-state index in [9.17, 15) is 9.18 Å². The molecule has 3 nitrogen and oxygen atoms in total. The van der Waals surface area contributed by atoms with E-state index in [1.54, 1.807) is 19.3 Å².